The largest absolute Gasteiger partial charge is 0.493 e. The summed E-state index contributed by atoms with van der Waals surface area (Å²) in [4.78, 5) is 27.1. The lowest BCUT2D eigenvalue weighted by Gasteiger charge is -2.15. The van der Waals surface area contributed by atoms with E-state index in [1.54, 1.807) is 49.6 Å². The van der Waals surface area contributed by atoms with Gasteiger partial charge in [-0.25, -0.2) is 0 Å². The van der Waals surface area contributed by atoms with Crippen LogP contribution in [0.15, 0.2) is 64.0 Å². The molecule has 0 radical (unpaired) electrons. The molecule has 11 heteroatoms. The van der Waals surface area contributed by atoms with Crippen LogP contribution in [0, 0.1) is 0 Å². The second kappa shape index (κ2) is 13.5. The topological polar surface area (TPSA) is 74.3 Å². The van der Waals surface area contributed by atoms with Crippen molar-refractivity contribution in [3.63, 3.8) is 0 Å². The van der Waals surface area contributed by atoms with E-state index in [9.17, 15) is 9.59 Å². The summed E-state index contributed by atoms with van der Waals surface area (Å²) in [5.41, 5.74) is 1.51. The van der Waals surface area contributed by atoms with Crippen molar-refractivity contribution >= 4 is 68.1 Å². The Morgan fingerprint density at radius 1 is 0.949 bits per heavy atom. The van der Waals surface area contributed by atoms with Gasteiger partial charge >= 0.3 is 0 Å². The molecule has 7 nitrogen and oxygen atoms in total. The van der Waals surface area contributed by atoms with Gasteiger partial charge in [-0.05, 0) is 88.2 Å². The average Bonchev–Trinajstić information content (AvgIpc) is 3.17. The Labute approximate surface area is 249 Å². The molecule has 0 aromatic heterocycles. The Hall–Kier alpha value is -2.85. The van der Waals surface area contributed by atoms with Crippen molar-refractivity contribution in [2.75, 3.05) is 26.9 Å². The summed E-state index contributed by atoms with van der Waals surface area (Å²) in [5, 5.41) is 0.549. The standard InChI is InChI=1S/C28H24BrCl2NO6S/c1-3-36-24-14-18(12-19(29)26(24)38-16-17-8-9-20(30)21(31)13-17)15-25-27(33)32(28(34)39-25)10-11-37-23-7-5-4-6-22(23)35-2/h4-9,12-15H,3,10-11,16H2,1-2H3/b25-15-. The van der Waals surface area contributed by atoms with Crippen molar-refractivity contribution < 1.29 is 28.5 Å². The molecule has 3 aromatic carbocycles. The zero-order valence-electron chi connectivity index (χ0n) is 21.0. The Bertz CT molecular complexity index is 1420. The highest BCUT2D eigenvalue weighted by atomic mass is 79.9. The van der Waals surface area contributed by atoms with Crippen LogP contribution in [-0.4, -0.2) is 42.9 Å². The van der Waals surface area contributed by atoms with Crippen molar-refractivity contribution in [3.8, 4) is 23.0 Å². The summed E-state index contributed by atoms with van der Waals surface area (Å²) >= 11 is 16.5. The van der Waals surface area contributed by atoms with Gasteiger partial charge < -0.3 is 18.9 Å². The third kappa shape index (κ3) is 7.22. The number of ether oxygens (including phenoxy) is 4. The van der Waals surface area contributed by atoms with Gasteiger partial charge in [-0.3, -0.25) is 14.5 Å². The summed E-state index contributed by atoms with van der Waals surface area (Å²) in [6.07, 6.45) is 1.65. The number of rotatable bonds is 11. The minimum Gasteiger partial charge on any atom is -0.493 e. The molecule has 1 fully saturated rings. The number of hydrogen-bond acceptors (Lipinski definition) is 7. The molecule has 0 unspecified atom stereocenters. The molecule has 0 N–H and O–H groups in total. The molecule has 4 rings (SSSR count). The molecule has 1 saturated heterocycles. The number of carbonyl (C=O) groups excluding carboxylic acids is 2. The summed E-state index contributed by atoms with van der Waals surface area (Å²) in [5.74, 6) is 1.72. The predicted octanol–water partition coefficient (Wildman–Crippen LogP) is 7.86. The molecule has 0 atom stereocenters. The molecule has 0 spiro atoms. The first kappa shape index (κ1) is 29.1. The van der Waals surface area contributed by atoms with E-state index in [2.05, 4.69) is 15.9 Å². The van der Waals surface area contributed by atoms with Crippen molar-refractivity contribution in [2.45, 2.75) is 13.5 Å². The first-order valence-electron chi connectivity index (χ1n) is 11.8. The number of carbonyl (C=O) groups is 2. The highest BCUT2D eigenvalue weighted by Crippen LogP contribution is 2.40. The number of hydrogen-bond donors (Lipinski definition) is 0. The molecule has 0 saturated carbocycles. The van der Waals surface area contributed by atoms with Crippen LogP contribution in [0.3, 0.4) is 0 Å². The molecule has 0 aliphatic carbocycles. The smallest absolute Gasteiger partial charge is 0.293 e. The highest BCUT2D eigenvalue weighted by molar-refractivity contribution is 9.10. The summed E-state index contributed by atoms with van der Waals surface area (Å²) in [6.45, 7) is 2.75. The zero-order valence-corrected chi connectivity index (χ0v) is 25.0. The van der Waals surface area contributed by atoms with Gasteiger partial charge in [0, 0.05) is 0 Å². The normalized spacial score (nSPS) is 14.2. The lowest BCUT2D eigenvalue weighted by atomic mass is 10.1. The van der Waals surface area contributed by atoms with E-state index in [4.69, 9.17) is 42.1 Å². The van der Waals surface area contributed by atoms with E-state index < -0.39 is 0 Å². The van der Waals surface area contributed by atoms with Crippen LogP contribution in [0.1, 0.15) is 18.1 Å². The van der Waals surface area contributed by atoms with E-state index in [-0.39, 0.29) is 30.9 Å². The summed E-state index contributed by atoms with van der Waals surface area (Å²) < 4.78 is 23.5. The SMILES string of the molecule is CCOc1cc(/C=C2\SC(=O)N(CCOc3ccccc3OC)C2=O)cc(Br)c1OCc1ccc(Cl)c(Cl)c1. The molecule has 3 aromatic rings. The van der Waals surface area contributed by atoms with Gasteiger partial charge in [0.15, 0.2) is 23.0 Å². The molecule has 204 valence electrons. The van der Waals surface area contributed by atoms with Gasteiger partial charge in [-0.1, -0.05) is 41.4 Å². The fourth-order valence-corrected chi connectivity index (χ4v) is 5.45. The first-order chi connectivity index (χ1) is 18.8. The first-order valence-corrected chi connectivity index (χ1v) is 14.2. The molecule has 0 bridgehead atoms. The van der Waals surface area contributed by atoms with Gasteiger partial charge in [0.05, 0.1) is 39.7 Å². The van der Waals surface area contributed by atoms with Crippen molar-refractivity contribution in [2.24, 2.45) is 0 Å². The number of benzene rings is 3. The molecular formula is C28H24BrCl2NO6S. The number of nitrogens with zero attached hydrogens (tertiary/aromatic N) is 1. The van der Waals surface area contributed by atoms with Crippen LogP contribution < -0.4 is 18.9 Å². The molecule has 1 heterocycles. The third-order valence-electron chi connectivity index (χ3n) is 5.51. The van der Waals surface area contributed by atoms with E-state index in [0.717, 1.165) is 17.3 Å². The fourth-order valence-electron chi connectivity index (χ4n) is 3.69. The maximum Gasteiger partial charge on any atom is 0.293 e. The summed E-state index contributed by atoms with van der Waals surface area (Å²) in [7, 11) is 1.55. The van der Waals surface area contributed by atoms with Crippen LogP contribution in [-0.2, 0) is 11.4 Å². The maximum atomic E-state index is 13.0. The van der Waals surface area contributed by atoms with Crippen molar-refractivity contribution in [1.82, 2.24) is 4.90 Å². The average molecular weight is 653 g/mol. The monoisotopic (exact) mass is 651 g/mol. The quantitative estimate of drug-likeness (QED) is 0.195. The van der Waals surface area contributed by atoms with E-state index in [1.165, 1.54) is 4.90 Å². The number of methoxy groups -OCH3 is 1. The second-order valence-electron chi connectivity index (χ2n) is 8.13. The molecule has 39 heavy (non-hydrogen) atoms. The lowest BCUT2D eigenvalue weighted by Crippen LogP contribution is -2.32. The van der Waals surface area contributed by atoms with Crippen LogP contribution >= 0.6 is 50.9 Å². The fraction of sp³-hybridized carbons (Fsp3) is 0.214. The van der Waals surface area contributed by atoms with Crippen LogP contribution in [0.2, 0.25) is 10.0 Å². The van der Waals surface area contributed by atoms with E-state index >= 15 is 0 Å². The van der Waals surface area contributed by atoms with Gasteiger partial charge in [-0.15, -0.1) is 0 Å². The predicted molar refractivity (Wildman–Crippen MR) is 157 cm³/mol. The summed E-state index contributed by atoms with van der Waals surface area (Å²) in [6, 6.07) is 16.0. The minimum absolute atomic E-state index is 0.107. The lowest BCUT2D eigenvalue weighted by molar-refractivity contribution is -0.123. The number of amides is 2. The van der Waals surface area contributed by atoms with E-state index in [0.29, 0.717) is 54.6 Å². The molecule has 2 amide bonds. The Morgan fingerprint density at radius 3 is 2.44 bits per heavy atom. The van der Waals surface area contributed by atoms with Gasteiger partial charge in [0.2, 0.25) is 0 Å². The number of para-hydroxylation sites is 2. The van der Waals surface area contributed by atoms with Crippen molar-refractivity contribution in [1.29, 1.82) is 0 Å². The number of thioether (sulfide) groups is 1. The Balaban J connectivity index is 1.46. The molecular weight excluding hydrogens is 629 g/mol. The number of imide groups is 1. The maximum absolute atomic E-state index is 13.0. The van der Waals surface area contributed by atoms with Gasteiger partial charge in [0.1, 0.15) is 13.2 Å². The second-order valence-corrected chi connectivity index (χ2v) is 10.8. The van der Waals surface area contributed by atoms with Crippen LogP contribution in [0.25, 0.3) is 6.08 Å². The Morgan fingerprint density at radius 2 is 1.72 bits per heavy atom. The number of halogens is 3. The molecule has 1 aliphatic rings. The van der Waals surface area contributed by atoms with Gasteiger partial charge in [-0.2, -0.15) is 0 Å². The van der Waals surface area contributed by atoms with E-state index in [1.807, 2.05) is 25.1 Å². The molecule has 1 aliphatic heterocycles. The Kier molecular flexibility index (Phi) is 10.1. The highest BCUT2D eigenvalue weighted by Gasteiger charge is 2.35. The van der Waals surface area contributed by atoms with Crippen LogP contribution in [0.4, 0.5) is 4.79 Å². The van der Waals surface area contributed by atoms with Crippen LogP contribution in [0.5, 0.6) is 23.0 Å². The van der Waals surface area contributed by atoms with Gasteiger partial charge in [0.25, 0.3) is 11.1 Å². The zero-order chi connectivity index (χ0) is 27.9. The van der Waals surface area contributed by atoms with Crippen molar-refractivity contribution in [3.05, 3.63) is 85.1 Å². The third-order valence-corrected chi connectivity index (χ3v) is 7.75. The minimum atomic E-state index is -0.386.